The Labute approximate surface area is 220 Å². The summed E-state index contributed by atoms with van der Waals surface area (Å²) in [4.78, 5) is 12.6. The minimum atomic E-state index is -1.41. The molecule has 0 radical (unpaired) electrons. The minimum Gasteiger partial charge on any atom is -0.871 e. The molecule has 0 fully saturated rings. The molecular formula is C20H8Cl2Na2O5. The molecule has 2 aliphatic heterocycles. The molecule has 0 aliphatic carbocycles. The monoisotopic (exact) mass is 444 g/mol. The molecule has 0 bridgehead atoms. The number of esters is 1. The second kappa shape index (κ2) is 7.98. The number of ether oxygens (including phenoxy) is 2. The maximum Gasteiger partial charge on any atom is 1.00 e. The van der Waals surface area contributed by atoms with Crippen molar-refractivity contribution >= 4 is 29.2 Å². The van der Waals surface area contributed by atoms with Crippen LogP contribution < -0.4 is 74.1 Å². The van der Waals surface area contributed by atoms with Crippen LogP contribution in [-0.2, 0) is 10.3 Å². The van der Waals surface area contributed by atoms with Gasteiger partial charge in [-0.05, 0) is 6.07 Å². The standard InChI is InChI=1S/C20H10Cl2O5.2Na/c21-15-13(23)7-5-11-17(15)26-18-12(6-8-14(24)16(18)22)20(11)10-4-2-1-3-9(10)19(25)27-20;;/h1-8,23-24H;;/q;2*+1/p-2. The molecule has 9 heteroatoms. The average molecular weight is 445 g/mol. The van der Waals surface area contributed by atoms with E-state index in [0.717, 1.165) is 0 Å². The van der Waals surface area contributed by atoms with Gasteiger partial charge in [-0.2, -0.15) is 0 Å². The minimum absolute atomic E-state index is 0. The van der Waals surface area contributed by atoms with Crippen molar-refractivity contribution in [3.63, 3.8) is 0 Å². The van der Waals surface area contributed by atoms with Crippen molar-refractivity contribution in [2.45, 2.75) is 5.60 Å². The zero-order chi connectivity index (χ0) is 18.9. The van der Waals surface area contributed by atoms with E-state index in [2.05, 4.69) is 0 Å². The fourth-order valence-corrected chi connectivity index (χ4v) is 4.10. The van der Waals surface area contributed by atoms with Crippen LogP contribution in [0.4, 0.5) is 0 Å². The van der Waals surface area contributed by atoms with Crippen molar-refractivity contribution < 1.29 is 83.6 Å². The first kappa shape index (κ1) is 22.8. The molecule has 3 aromatic rings. The van der Waals surface area contributed by atoms with Crippen molar-refractivity contribution in [2.75, 3.05) is 0 Å². The third-order valence-corrected chi connectivity index (χ3v) is 5.57. The van der Waals surface area contributed by atoms with Crippen LogP contribution in [0.1, 0.15) is 27.0 Å². The Balaban J connectivity index is 0.00000120. The van der Waals surface area contributed by atoms with Crippen molar-refractivity contribution in [1.82, 2.24) is 0 Å². The van der Waals surface area contributed by atoms with E-state index in [-0.39, 0.29) is 80.7 Å². The summed E-state index contributed by atoms with van der Waals surface area (Å²) in [7, 11) is 0. The molecule has 2 aliphatic rings. The first-order valence-electron chi connectivity index (χ1n) is 7.96. The second-order valence-corrected chi connectivity index (χ2v) is 6.98. The Bertz CT molecular complexity index is 1110. The van der Waals surface area contributed by atoms with E-state index >= 15 is 0 Å². The fraction of sp³-hybridized carbons (Fsp3) is 0.0500. The van der Waals surface area contributed by atoms with Gasteiger partial charge < -0.3 is 19.7 Å². The maximum atomic E-state index is 12.6. The molecule has 5 nitrogen and oxygen atoms in total. The Morgan fingerprint density at radius 2 is 1.28 bits per heavy atom. The number of halogens is 2. The number of carbonyl (C=O) groups excluding carboxylic acids is 1. The molecule has 0 aromatic heterocycles. The molecule has 0 unspecified atom stereocenters. The van der Waals surface area contributed by atoms with Crippen LogP contribution in [0, 0.1) is 0 Å². The summed E-state index contributed by atoms with van der Waals surface area (Å²) in [5.41, 5.74) is 0.317. The smallest absolute Gasteiger partial charge is 0.871 e. The molecule has 3 aromatic carbocycles. The van der Waals surface area contributed by atoms with Gasteiger partial charge in [0.1, 0.15) is 0 Å². The Hall–Kier alpha value is -0.890. The fourth-order valence-electron chi connectivity index (χ4n) is 3.69. The van der Waals surface area contributed by atoms with Gasteiger partial charge in [-0.25, -0.2) is 4.79 Å². The van der Waals surface area contributed by atoms with Crippen LogP contribution in [0.15, 0.2) is 48.5 Å². The van der Waals surface area contributed by atoms with Crippen LogP contribution in [0.25, 0.3) is 0 Å². The zero-order valence-corrected chi connectivity index (χ0v) is 20.9. The van der Waals surface area contributed by atoms with Gasteiger partial charge in [0.05, 0.1) is 15.6 Å². The average Bonchev–Trinajstić information content (AvgIpc) is 2.96. The largest absolute Gasteiger partial charge is 1.00 e. The second-order valence-electron chi connectivity index (χ2n) is 6.23. The molecule has 1 spiro atoms. The molecule has 0 atom stereocenters. The Morgan fingerprint density at radius 3 is 1.83 bits per heavy atom. The summed E-state index contributed by atoms with van der Waals surface area (Å²) in [6.07, 6.45) is 0. The SMILES string of the molecule is O=C1OC2(c3ccccc31)c1ccc([O-])c(Cl)c1Oc1c2ccc([O-])c1Cl.[Na+].[Na+]. The van der Waals surface area contributed by atoms with Crippen LogP contribution in [0.3, 0.4) is 0 Å². The normalized spacial score (nSPS) is 14.5. The van der Waals surface area contributed by atoms with Gasteiger partial charge in [-0.1, -0.05) is 77.2 Å². The molecule has 0 saturated carbocycles. The maximum absolute atomic E-state index is 12.6. The number of benzene rings is 3. The van der Waals surface area contributed by atoms with Gasteiger partial charge in [-0.3, -0.25) is 0 Å². The number of hydrogen-bond donors (Lipinski definition) is 0. The van der Waals surface area contributed by atoms with Crippen molar-refractivity contribution in [3.8, 4) is 23.0 Å². The first-order valence-corrected chi connectivity index (χ1v) is 8.71. The Kier molecular flexibility index (Phi) is 6.27. The quantitative estimate of drug-likeness (QED) is 0.288. The molecule has 29 heavy (non-hydrogen) atoms. The number of fused-ring (bicyclic) bond motifs is 6. The van der Waals surface area contributed by atoms with Gasteiger partial charge >= 0.3 is 65.1 Å². The van der Waals surface area contributed by atoms with Crippen LogP contribution in [0.2, 0.25) is 10.0 Å². The predicted molar refractivity (Wildman–Crippen MR) is 93.6 cm³/mol. The topological polar surface area (TPSA) is 81.7 Å². The summed E-state index contributed by atoms with van der Waals surface area (Å²) in [6, 6.07) is 12.5. The van der Waals surface area contributed by atoms with E-state index in [0.29, 0.717) is 22.3 Å². The van der Waals surface area contributed by atoms with E-state index in [4.69, 9.17) is 32.7 Å². The first-order chi connectivity index (χ1) is 12.9. The third kappa shape index (κ3) is 3.03. The summed E-state index contributed by atoms with van der Waals surface area (Å²) < 4.78 is 11.6. The zero-order valence-electron chi connectivity index (χ0n) is 15.4. The summed E-state index contributed by atoms with van der Waals surface area (Å²) in [6.45, 7) is 0. The summed E-state index contributed by atoms with van der Waals surface area (Å²) in [5, 5.41) is 23.8. The predicted octanol–water partition coefficient (Wildman–Crippen LogP) is -2.28. The van der Waals surface area contributed by atoms with Crippen molar-refractivity contribution in [2.24, 2.45) is 0 Å². The summed E-state index contributed by atoms with van der Waals surface area (Å²) >= 11 is 12.4. The van der Waals surface area contributed by atoms with Crippen molar-refractivity contribution in [1.29, 1.82) is 0 Å². The molecule has 5 rings (SSSR count). The van der Waals surface area contributed by atoms with Gasteiger partial charge in [-0.15, -0.1) is 0 Å². The van der Waals surface area contributed by atoms with Gasteiger partial charge in [0.25, 0.3) is 0 Å². The molecule has 2 heterocycles. The van der Waals surface area contributed by atoms with Crippen molar-refractivity contribution in [3.05, 3.63) is 80.8 Å². The molecule has 0 N–H and O–H groups in total. The Morgan fingerprint density at radius 1 is 0.759 bits per heavy atom. The van der Waals surface area contributed by atoms with Crippen LogP contribution >= 0.6 is 23.2 Å². The van der Waals surface area contributed by atoms with E-state index in [1.807, 2.05) is 0 Å². The van der Waals surface area contributed by atoms with Gasteiger partial charge in [0.2, 0.25) is 0 Å². The van der Waals surface area contributed by atoms with E-state index in [1.54, 1.807) is 24.3 Å². The number of carbonyl (C=O) groups is 1. The third-order valence-electron chi connectivity index (χ3n) is 4.86. The molecular weight excluding hydrogens is 437 g/mol. The summed E-state index contributed by atoms with van der Waals surface area (Å²) in [5.74, 6) is -1.40. The number of rotatable bonds is 0. The van der Waals surface area contributed by atoms with Gasteiger partial charge in [0, 0.05) is 16.7 Å². The molecule has 0 amide bonds. The van der Waals surface area contributed by atoms with Crippen LogP contribution in [-0.4, -0.2) is 5.97 Å². The number of hydrogen-bond acceptors (Lipinski definition) is 5. The molecule has 0 saturated heterocycles. The van der Waals surface area contributed by atoms with E-state index < -0.39 is 23.1 Å². The van der Waals surface area contributed by atoms with E-state index in [1.165, 1.54) is 24.3 Å². The van der Waals surface area contributed by atoms with Crippen LogP contribution in [0.5, 0.6) is 23.0 Å². The molecule has 134 valence electrons. The van der Waals surface area contributed by atoms with E-state index in [9.17, 15) is 15.0 Å². The van der Waals surface area contributed by atoms with Gasteiger partial charge in [0.15, 0.2) is 17.1 Å².